The normalized spacial score (nSPS) is 11.9. The maximum atomic E-state index is 12.1. The Morgan fingerprint density at radius 3 is 2.64 bits per heavy atom. The van der Waals surface area contributed by atoms with Gasteiger partial charge in [0.2, 0.25) is 0 Å². The van der Waals surface area contributed by atoms with Gasteiger partial charge in [0, 0.05) is 17.4 Å². The number of rotatable bonds is 4. The fourth-order valence-electron chi connectivity index (χ4n) is 2.18. The summed E-state index contributed by atoms with van der Waals surface area (Å²) < 4.78 is 0. The van der Waals surface area contributed by atoms with Crippen molar-refractivity contribution in [3.8, 4) is 11.1 Å². The van der Waals surface area contributed by atoms with Crippen molar-refractivity contribution < 1.29 is 9.90 Å². The molecule has 3 rings (SSSR count). The topological polar surface area (TPSA) is 78.0 Å². The highest BCUT2D eigenvalue weighted by atomic mass is 16.3. The molecule has 5 heteroatoms. The summed E-state index contributed by atoms with van der Waals surface area (Å²) in [4.78, 5) is 12.1. The highest BCUT2D eigenvalue weighted by molar-refractivity contribution is 5.95. The first-order valence-corrected chi connectivity index (χ1v) is 6.87. The summed E-state index contributed by atoms with van der Waals surface area (Å²) >= 11 is 0. The average Bonchev–Trinajstić information content (AvgIpc) is 3.10. The van der Waals surface area contributed by atoms with Gasteiger partial charge in [0.15, 0.2) is 6.10 Å². The van der Waals surface area contributed by atoms with E-state index in [0.29, 0.717) is 11.3 Å². The zero-order chi connectivity index (χ0) is 15.4. The third kappa shape index (κ3) is 3.05. The van der Waals surface area contributed by atoms with E-state index in [1.807, 2.05) is 24.3 Å². The number of hydrogen-bond acceptors (Lipinski definition) is 3. The molecule has 2 aromatic carbocycles. The fourth-order valence-corrected chi connectivity index (χ4v) is 2.18. The number of H-pyrrole nitrogens is 1. The molecule has 1 aromatic heterocycles. The second kappa shape index (κ2) is 6.24. The Balaban J connectivity index is 1.76. The van der Waals surface area contributed by atoms with Gasteiger partial charge in [0.25, 0.3) is 5.91 Å². The van der Waals surface area contributed by atoms with Crippen LogP contribution in [-0.2, 0) is 4.79 Å². The van der Waals surface area contributed by atoms with E-state index in [1.165, 1.54) is 0 Å². The molecule has 0 bridgehead atoms. The van der Waals surface area contributed by atoms with Gasteiger partial charge in [-0.2, -0.15) is 5.10 Å². The molecule has 0 fully saturated rings. The van der Waals surface area contributed by atoms with Crippen molar-refractivity contribution in [1.82, 2.24) is 10.2 Å². The molecular weight excluding hydrogens is 278 g/mol. The van der Waals surface area contributed by atoms with E-state index < -0.39 is 12.0 Å². The van der Waals surface area contributed by atoms with Gasteiger partial charge < -0.3 is 10.4 Å². The van der Waals surface area contributed by atoms with Gasteiger partial charge in [0.05, 0.1) is 6.20 Å². The third-order valence-corrected chi connectivity index (χ3v) is 3.33. The second-order valence-electron chi connectivity index (χ2n) is 4.87. The van der Waals surface area contributed by atoms with Crippen molar-refractivity contribution in [2.75, 3.05) is 5.32 Å². The first kappa shape index (κ1) is 14.0. The summed E-state index contributed by atoms with van der Waals surface area (Å²) in [6, 6.07) is 16.2. The van der Waals surface area contributed by atoms with Crippen LogP contribution >= 0.6 is 0 Å². The summed E-state index contributed by atoms with van der Waals surface area (Å²) in [6.45, 7) is 0. The zero-order valence-corrected chi connectivity index (χ0v) is 11.7. The van der Waals surface area contributed by atoms with Crippen molar-refractivity contribution in [1.29, 1.82) is 0 Å². The van der Waals surface area contributed by atoms with Gasteiger partial charge in [-0.05, 0) is 23.3 Å². The van der Waals surface area contributed by atoms with Gasteiger partial charge in [-0.15, -0.1) is 0 Å². The number of aliphatic hydroxyl groups is 1. The number of aliphatic hydroxyl groups excluding tert-OH is 1. The molecule has 0 saturated heterocycles. The summed E-state index contributed by atoms with van der Waals surface area (Å²) in [5.74, 6) is -0.462. The minimum Gasteiger partial charge on any atom is -0.378 e. The lowest BCUT2D eigenvalue weighted by Gasteiger charge is -2.12. The minimum atomic E-state index is -1.20. The van der Waals surface area contributed by atoms with Gasteiger partial charge in [0.1, 0.15) is 0 Å². The number of aromatic nitrogens is 2. The Morgan fingerprint density at radius 1 is 1.09 bits per heavy atom. The second-order valence-corrected chi connectivity index (χ2v) is 4.87. The number of hydrogen-bond donors (Lipinski definition) is 3. The van der Waals surface area contributed by atoms with Crippen LogP contribution in [0.3, 0.4) is 0 Å². The van der Waals surface area contributed by atoms with Crippen LogP contribution in [0.5, 0.6) is 0 Å². The molecule has 0 radical (unpaired) electrons. The Morgan fingerprint density at radius 2 is 1.91 bits per heavy atom. The molecule has 3 aromatic rings. The molecule has 1 unspecified atom stereocenters. The summed E-state index contributed by atoms with van der Waals surface area (Å²) in [5.41, 5.74) is 3.05. The Labute approximate surface area is 127 Å². The van der Waals surface area contributed by atoms with Gasteiger partial charge in [-0.1, -0.05) is 42.5 Å². The Kier molecular flexibility index (Phi) is 3.98. The molecule has 110 valence electrons. The molecule has 22 heavy (non-hydrogen) atoms. The molecule has 1 amide bonds. The first-order valence-electron chi connectivity index (χ1n) is 6.87. The molecule has 0 aliphatic heterocycles. The van der Waals surface area contributed by atoms with Crippen molar-refractivity contribution in [3.63, 3.8) is 0 Å². The molecular formula is C17H15N3O2. The van der Waals surface area contributed by atoms with Crippen molar-refractivity contribution in [2.24, 2.45) is 0 Å². The van der Waals surface area contributed by atoms with Crippen LogP contribution in [0.25, 0.3) is 11.1 Å². The van der Waals surface area contributed by atoms with Crippen LogP contribution in [0.15, 0.2) is 67.0 Å². The number of aromatic amines is 1. The lowest BCUT2D eigenvalue weighted by Crippen LogP contribution is -2.20. The van der Waals surface area contributed by atoms with Crippen LogP contribution in [0.1, 0.15) is 11.7 Å². The summed E-state index contributed by atoms with van der Waals surface area (Å²) in [5, 5.41) is 19.5. The van der Waals surface area contributed by atoms with E-state index in [4.69, 9.17) is 0 Å². The number of nitrogens with zero attached hydrogens (tertiary/aromatic N) is 1. The molecule has 0 saturated carbocycles. The third-order valence-electron chi connectivity index (χ3n) is 3.33. The van der Waals surface area contributed by atoms with Crippen LogP contribution in [-0.4, -0.2) is 21.2 Å². The average molecular weight is 293 g/mol. The number of carbonyl (C=O) groups is 1. The lowest BCUT2D eigenvalue weighted by atomic mass is 10.1. The van der Waals surface area contributed by atoms with E-state index in [-0.39, 0.29) is 0 Å². The van der Waals surface area contributed by atoms with Crippen LogP contribution in [0.4, 0.5) is 5.69 Å². The maximum Gasteiger partial charge on any atom is 0.257 e. The smallest absolute Gasteiger partial charge is 0.257 e. The molecule has 3 N–H and O–H groups in total. The van der Waals surface area contributed by atoms with Crippen molar-refractivity contribution >= 4 is 11.6 Å². The monoisotopic (exact) mass is 293 g/mol. The Hall–Kier alpha value is -2.92. The number of benzene rings is 2. The van der Waals surface area contributed by atoms with Gasteiger partial charge in [-0.3, -0.25) is 9.89 Å². The fraction of sp³-hybridized carbons (Fsp3) is 0.0588. The number of amides is 1. The van der Waals surface area contributed by atoms with Gasteiger partial charge in [-0.25, -0.2) is 0 Å². The molecule has 1 atom stereocenters. The van der Waals surface area contributed by atoms with E-state index in [1.54, 1.807) is 42.7 Å². The molecule has 5 nitrogen and oxygen atoms in total. The first-order chi connectivity index (χ1) is 10.7. The molecule has 0 aliphatic carbocycles. The summed E-state index contributed by atoms with van der Waals surface area (Å²) in [7, 11) is 0. The maximum absolute atomic E-state index is 12.1. The van der Waals surface area contributed by atoms with Crippen molar-refractivity contribution in [3.05, 3.63) is 72.6 Å². The number of nitrogens with one attached hydrogen (secondary N) is 2. The van der Waals surface area contributed by atoms with Crippen LogP contribution in [0.2, 0.25) is 0 Å². The predicted octanol–water partition coefficient (Wildman–Crippen LogP) is 2.75. The van der Waals surface area contributed by atoms with Crippen LogP contribution < -0.4 is 5.32 Å². The van der Waals surface area contributed by atoms with Gasteiger partial charge >= 0.3 is 0 Å². The lowest BCUT2D eigenvalue weighted by molar-refractivity contribution is -0.124. The minimum absolute atomic E-state index is 0.462. The SMILES string of the molecule is O=C(Nc1cccc(-c2cn[nH]c2)c1)C(O)c1ccccc1. The van der Waals surface area contributed by atoms with E-state index in [2.05, 4.69) is 15.5 Å². The van der Waals surface area contributed by atoms with Crippen LogP contribution in [0, 0.1) is 0 Å². The molecule has 0 aliphatic rings. The molecule has 0 spiro atoms. The predicted molar refractivity (Wildman–Crippen MR) is 84.1 cm³/mol. The van der Waals surface area contributed by atoms with E-state index in [9.17, 15) is 9.90 Å². The molecule has 1 heterocycles. The van der Waals surface area contributed by atoms with E-state index >= 15 is 0 Å². The highest BCUT2D eigenvalue weighted by Gasteiger charge is 2.17. The standard InChI is InChI=1S/C17H15N3O2/c21-16(12-5-2-1-3-6-12)17(22)20-15-8-4-7-13(9-15)14-10-18-19-11-14/h1-11,16,21H,(H,18,19)(H,20,22). The Bertz CT molecular complexity index is 755. The highest BCUT2D eigenvalue weighted by Crippen LogP contribution is 2.22. The number of carbonyl (C=O) groups excluding carboxylic acids is 1. The zero-order valence-electron chi connectivity index (χ0n) is 11.7. The summed E-state index contributed by atoms with van der Waals surface area (Å²) in [6.07, 6.45) is 2.29. The quantitative estimate of drug-likeness (QED) is 0.692. The van der Waals surface area contributed by atoms with E-state index in [0.717, 1.165) is 11.1 Å². The largest absolute Gasteiger partial charge is 0.378 e. The number of anilines is 1. The van der Waals surface area contributed by atoms with Crippen molar-refractivity contribution in [2.45, 2.75) is 6.10 Å².